The van der Waals surface area contributed by atoms with Crippen molar-refractivity contribution >= 4 is 15.7 Å². The van der Waals surface area contributed by atoms with Gasteiger partial charge < -0.3 is 10.6 Å². The van der Waals surface area contributed by atoms with Gasteiger partial charge in [0.1, 0.15) is 0 Å². The van der Waals surface area contributed by atoms with Crippen LogP contribution in [0.25, 0.3) is 0 Å². The smallest absolute Gasteiger partial charge is 0.221 e. The number of carbonyl (C=O) groups excluding carboxylic acids is 1. The van der Waals surface area contributed by atoms with Gasteiger partial charge in [-0.15, -0.1) is 0 Å². The van der Waals surface area contributed by atoms with Crippen molar-refractivity contribution in [2.75, 3.05) is 24.6 Å². The van der Waals surface area contributed by atoms with Crippen molar-refractivity contribution in [1.29, 1.82) is 0 Å². The number of carbonyl (C=O) groups is 1. The Balaban J connectivity index is 1.72. The van der Waals surface area contributed by atoms with Gasteiger partial charge in [0.05, 0.1) is 11.5 Å². The molecule has 20 heavy (non-hydrogen) atoms. The molecule has 1 aliphatic heterocycles. The monoisotopic (exact) mass is 302 g/mol. The van der Waals surface area contributed by atoms with Crippen LogP contribution < -0.4 is 10.6 Å². The lowest BCUT2D eigenvalue weighted by Crippen LogP contribution is -2.47. The van der Waals surface area contributed by atoms with Crippen LogP contribution in [0.3, 0.4) is 0 Å². The van der Waals surface area contributed by atoms with Crippen molar-refractivity contribution in [3.63, 3.8) is 0 Å². The van der Waals surface area contributed by atoms with E-state index in [0.29, 0.717) is 18.4 Å². The summed E-state index contributed by atoms with van der Waals surface area (Å²) in [6.45, 7) is 3.45. The Bertz CT molecular complexity index is 436. The average Bonchev–Trinajstić information content (AvgIpc) is 2.36. The largest absolute Gasteiger partial charge is 0.356 e. The summed E-state index contributed by atoms with van der Waals surface area (Å²) >= 11 is 0. The lowest BCUT2D eigenvalue weighted by atomic mass is 9.80. The minimum Gasteiger partial charge on any atom is -0.356 e. The third-order valence-electron chi connectivity index (χ3n) is 4.58. The van der Waals surface area contributed by atoms with E-state index in [-0.39, 0.29) is 29.9 Å². The van der Waals surface area contributed by atoms with Crippen LogP contribution in [0.1, 0.15) is 39.0 Å². The summed E-state index contributed by atoms with van der Waals surface area (Å²) in [4.78, 5) is 11.9. The van der Waals surface area contributed by atoms with Crippen LogP contribution in [-0.4, -0.2) is 45.0 Å². The Morgan fingerprint density at radius 1 is 1.30 bits per heavy atom. The highest BCUT2D eigenvalue weighted by Crippen LogP contribution is 2.28. The van der Waals surface area contributed by atoms with Gasteiger partial charge in [-0.25, -0.2) is 8.42 Å². The predicted molar refractivity (Wildman–Crippen MR) is 79.2 cm³/mol. The molecule has 0 spiro atoms. The second-order valence-corrected chi connectivity index (χ2v) is 8.52. The van der Waals surface area contributed by atoms with Crippen molar-refractivity contribution in [3.05, 3.63) is 0 Å². The van der Waals surface area contributed by atoms with Gasteiger partial charge in [-0.1, -0.05) is 26.2 Å². The first-order valence-electron chi connectivity index (χ1n) is 7.67. The predicted octanol–water partition coefficient (Wildman–Crippen LogP) is 0.706. The van der Waals surface area contributed by atoms with Crippen molar-refractivity contribution in [1.82, 2.24) is 10.6 Å². The summed E-state index contributed by atoms with van der Waals surface area (Å²) in [5.41, 5.74) is 0. The van der Waals surface area contributed by atoms with Crippen LogP contribution in [0.15, 0.2) is 0 Å². The number of sulfone groups is 1. The van der Waals surface area contributed by atoms with E-state index >= 15 is 0 Å². The Kier molecular flexibility index (Phi) is 5.43. The highest BCUT2D eigenvalue weighted by Gasteiger charge is 2.27. The SMILES string of the molecule is CC1CCCCC1CNC(=O)CC1CS(=O)(=O)CCN1. The van der Waals surface area contributed by atoms with Gasteiger partial charge in [0, 0.05) is 25.6 Å². The van der Waals surface area contributed by atoms with E-state index in [4.69, 9.17) is 0 Å². The van der Waals surface area contributed by atoms with E-state index in [0.717, 1.165) is 6.54 Å². The summed E-state index contributed by atoms with van der Waals surface area (Å²) in [5.74, 6) is 1.50. The normalized spacial score (nSPS) is 33.5. The van der Waals surface area contributed by atoms with Gasteiger partial charge in [-0.2, -0.15) is 0 Å². The fraction of sp³-hybridized carbons (Fsp3) is 0.929. The van der Waals surface area contributed by atoms with E-state index in [1.165, 1.54) is 25.7 Å². The van der Waals surface area contributed by atoms with E-state index in [2.05, 4.69) is 17.6 Å². The van der Waals surface area contributed by atoms with Gasteiger partial charge in [-0.05, 0) is 18.3 Å². The summed E-state index contributed by atoms with van der Waals surface area (Å²) in [7, 11) is -2.96. The highest BCUT2D eigenvalue weighted by molar-refractivity contribution is 7.91. The Morgan fingerprint density at radius 2 is 2.05 bits per heavy atom. The number of amides is 1. The highest BCUT2D eigenvalue weighted by atomic mass is 32.2. The molecule has 1 saturated carbocycles. The third-order valence-corrected chi connectivity index (χ3v) is 6.32. The molecule has 0 aromatic carbocycles. The summed E-state index contributed by atoms with van der Waals surface area (Å²) in [5, 5.41) is 6.10. The zero-order valence-electron chi connectivity index (χ0n) is 12.2. The fourth-order valence-corrected chi connectivity index (χ4v) is 4.68. The molecule has 1 saturated heterocycles. The molecule has 3 unspecified atom stereocenters. The number of hydrogen-bond acceptors (Lipinski definition) is 4. The summed E-state index contributed by atoms with van der Waals surface area (Å²) in [6, 6.07) is -0.225. The number of nitrogens with one attached hydrogen (secondary N) is 2. The minimum absolute atomic E-state index is 0.0302. The molecule has 0 bridgehead atoms. The average molecular weight is 302 g/mol. The van der Waals surface area contributed by atoms with Crippen LogP contribution in [0.2, 0.25) is 0 Å². The molecule has 1 heterocycles. The molecule has 3 atom stereocenters. The topological polar surface area (TPSA) is 75.3 Å². The zero-order valence-corrected chi connectivity index (χ0v) is 13.0. The first kappa shape index (κ1) is 15.8. The van der Waals surface area contributed by atoms with Gasteiger partial charge in [0.2, 0.25) is 5.91 Å². The summed E-state index contributed by atoms with van der Waals surface area (Å²) < 4.78 is 23.0. The first-order chi connectivity index (χ1) is 9.46. The van der Waals surface area contributed by atoms with Crippen molar-refractivity contribution in [2.45, 2.75) is 45.1 Å². The van der Waals surface area contributed by atoms with Crippen molar-refractivity contribution < 1.29 is 13.2 Å². The maximum absolute atomic E-state index is 11.9. The second kappa shape index (κ2) is 6.89. The molecule has 2 rings (SSSR count). The van der Waals surface area contributed by atoms with E-state index in [1.807, 2.05) is 0 Å². The standard InChI is InChI=1S/C14H26N2O3S/c1-11-4-2-3-5-12(11)9-16-14(17)8-13-10-20(18,19)7-6-15-13/h11-13,15H,2-10H2,1H3,(H,16,17). The molecule has 2 N–H and O–H groups in total. The zero-order chi connectivity index (χ0) is 14.6. The molecule has 2 aliphatic rings. The molecule has 0 aromatic rings. The van der Waals surface area contributed by atoms with Crippen LogP contribution in [0, 0.1) is 11.8 Å². The molecule has 0 aromatic heterocycles. The number of rotatable bonds is 4. The maximum atomic E-state index is 11.9. The van der Waals surface area contributed by atoms with Crippen LogP contribution >= 0.6 is 0 Å². The van der Waals surface area contributed by atoms with Gasteiger partial charge >= 0.3 is 0 Å². The molecular formula is C14H26N2O3S. The van der Waals surface area contributed by atoms with Crippen LogP contribution in [-0.2, 0) is 14.6 Å². The number of hydrogen-bond donors (Lipinski definition) is 2. The Morgan fingerprint density at radius 3 is 2.75 bits per heavy atom. The Hall–Kier alpha value is -0.620. The lowest BCUT2D eigenvalue weighted by Gasteiger charge is -2.29. The van der Waals surface area contributed by atoms with E-state index in [1.54, 1.807) is 0 Å². The van der Waals surface area contributed by atoms with Crippen molar-refractivity contribution in [3.8, 4) is 0 Å². The summed E-state index contributed by atoms with van der Waals surface area (Å²) in [6.07, 6.45) is 5.27. The third kappa shape index (κ3) is 4.74. The van der Waals surface area contributed by atoms with E-state index in [9.17, 15) is 13.2 Å². The molecule has 2 fully saturated rings. The second-order valence-electron chi connectivity index (χ2n) is 6.30. The van der Waals surface area contributed by atoms with Crippen LogP contribution in [0.4, 0.5) is 0 Å². The first-order valence-corrected chi connectivity index (χ1v) is 9.49. The maximum Gasteiger partial charge on any atom is 0.221 e. The van der Waals surface area contributed by atoms with E-state index < -0.39 is 9.84 Å². The molecule has 1 amide bonds. The molecule has 6 heteroatoms. The van der Waals surface area contributed by atoms with Gasteiger partial charge in [0.25, 0.3) is 0 Å². The quantitative estimate of drug-likeness (QED) is 0.802. The van der Waals surface area contributed by atoms with Crippen molar-refractivity contribution in [2.24, 2.45) is 11.8 Å². The van der Waals surface area contributed by atoms with Gasteiger partial charge in [0.15, 0.2) is 9.84 Å². The fourth-order valence-electron chi connectivity index (χ4n) is 3.24. The molecule has 1 aliphatic carbocycles. The molecule has 116 valence electrons. The minimum atomic E-state index is -2.96. The van der Waals surface area contributed by atoms with Crippen LogP contribution in [0.5, 0.6) is 0 Å². The molecule has 0 radical (unpaired) electrons. The Labute approximate surface area is 121 Å². The molecular weight excluding hydrogens is 276 g/mol. The molecule has 5 nitrogen and oxygen atoms in total. The lowest BCUT2D eigenvalue weighted by molar-refractivity contribution is -0.121. The van der Waals surface area contributed by atoms with Gasteiger partial charge in [-0.3, -0.25) is 4.79 Å².